The van der Waals surface area contributed by atoms with E-state index in [1.807, 2.05) is 48.7 Å². The average molecular weight is 475 g/mol. The lowest BCUT2D eigenvalue weighted by Crippen LogP contribution is -2.03. The van der Waals surface area contributed by atoms with Gasteiger partial charge in [0, 0.05) is 23.9 Å². The highest BCUT2D eigenvalue weighted by molar-refractivity contribution is 7.98. The highest BCUT2D eigenvalue weighted by Gasteiger charge is 2.15. The number of rotatable bonds is 10. The smallest absolute Gasteiger partial charge is 0.336 e. The summed E-state index contributed by atoms with van der Waals surface area (Å²) in [5, 5.41) is 20.6. The second-order valence-corrected chi connectivity index (χ2v) is 9.08. The molecule has 174 valence electrons. The molecule has 0 fully saturated rings. The van der Waals surface area contributed by atoms with E-state index in [1.165, 1.54) is 11.8 Å². The lowest BCUT2D eigenvalue weighted by Gasteiger charge is -2.09. The number of aryl methyl sites for hydroxylation is 1. The lowest BCUT2D eigenvalue weighted by molar-refractivity contribution is 0.0685. The molecule has 1 heterocycles. The number of hydrogen-bond acceptors (Lipinski definition) is 4. The quantitative estimate of drug-likeness (QED) is 0.269. The predicted octanol–water partition coefficient (Wildman–Crippen LogP) is 6.12. The maximum Gasteiger partial charge on any atom is 0.336 e. The highest BCUT2D eigenvalue weighted by Crippen LogP contribution is 2.27. The first-order chi connectivity index (χ1) is 16.5. The zero-order valence-corrected chi connectivity index (χ0v) is 19.7. The first-order valence-electron chi connectivity index (χ1n) is 11.2. The number of unbranched alkanes of at least 4 members (excludes halogenated alkanes) is 1. The van der Waals surface area contributed by atoms with Crippen LogP contribution in [-0.4, -0.2) is 31.7 Å². The van der Waals surface area contributed by atoms with Crippen LogP contribution in [0.4, 0.5) is 0 Å². The van der Waals surface area contributed by atoms with E-state index in [-0.39, 0.29) is 0 Å². The van der Waals surface area contributed by atoms with Crippen molar-refractivity contribution in [3.8, 4) is 0 Å². The lowest BCUT2D eigenvalue weighted by atomic mass is 9.97. The number of imidazole rings is 1. The zero-order chi connectivity index (χ0) is 24.1. The van der Waals surface area contributed by atoms with Crippen molar-refractivity contribution in [3.63, 3.8) is 0 Å². The molecule has 6 nitrogen and oxygen atoms in total. The van der Waals surface area contributed by atoms with Crippen LogP contribution < -0.4 is 0 Å². The van der Waals surface area contributed by atoms with Crippen LogP contribution in [0.1, 0.15) is 57.6 Å². The summed E-state index contributed by atoms with van der Waals surface area (Å²) in [4.78, 5) is 28.8. The van der Waals surface area contributed by atoms with Gasteiger partial charge in [-0.1, -0.05) is 55.8 Å². The standard InChI is InChI=1S/C27H26N2O4S/c1-2-3-12-25-28-19(16-29(25)17-34-24-11-7-6-10-23(24)27(32)33)15-18-13-14-22(26(30)31)21-9-5-4-8-20(18)21/h4-11,13-14,16H,2-3,12,15,17H2,1H3,(H,30,31)(H,32,33). The molecule has 0 saturated heterocycles. The normalized spacial score (nSPS) is 11.1. The third-order valence-electron chi connectivity index (χ3n) is 5.76. The Morgan fingerprint density at radius 3 is 2.35 bits per heavy atom. The van der Waals surface area contributed by atoms with Gasteiger partial charge in [-0.15, -0.1) is 11.8 Å². The van der Waals surface area contributed by atoms with E-state index in [9.17, 15) is 19.8 Å². The molecule has 7 heteroatoms. The van der Waals surface area contributed by atoms with Crippen molar-refractivity contribution in [1.82, 2.24) is 9.55 Å². The minimum Gasteiger partial charge on any atom is -0.478 e. The highest BCUT2D eigenvalue weighted by atomic mass is 32.2. The molecule has 0 radical (unpaired) electrons. The molecule has 34 heavy (non-hydrogen) atoms. The van der Waals surface area contributed by atoms with Gasteiger partial charge in [0.2, 0.25) is 0 Å². The number of thioether (sulfide) groups is 1. The van der Waals surface area contributed by atoms with E-state index < -0.39 is 11.9 Å². The van der Waals surface area contributed by atoms with Gasteiger partial charge in [0.05, 0.1) is 22.7 Å². The van der Waals surface area contributed by atoms with E-state index in [1.54, 1.807) is 18.2 Å². The largest absolute Gasteiger partial charge is 0.478 e. The molecular formula is C27H26N2O4S. The number of benzene rings is 3. The van der Waals surface area contributed by atoms with Crippen LogP contribution in [0.25, 0.3) is 10.8 Å². The molecule has 4 aromatic rings. The van der Waals surface area contributed by atoms with Crippen molar-refractivity contribution >= 4 is 34.5 Å². The number of carboxylic acid groups (broad SMARTS) is 2. The second-order valence-electron chi connectivity index (χ2n) is 8.10. The maximum atomic E-state index is 11.6. The summed E-state index contributed by atoms with van der Waals surface area (Å²) in [7, 11) is 0. The minimum absolute atomic E-state index is 0.294. The molecule has 0 saturated carbocycles. The molecule has 2 N–H and O–H groups in total. The summed E-state index contributed by atoms with van der Waals surface area (Å²) in [6, 6.07) is 18.1. The summed E-state index contributed by atoms with van der Waals surface area (Å²) in [5.74, 6) is -0.330. The molecule has 0 amide bonds. The monoisotopic (exact) mass is 474 g/mol. The maximum absolute atomic E-state index is 11.6. The van der Waals surface area contributed by atoms with Crippen LogP contribution >= 0.6 is 11.8 Å². The van der Waals surface area contributed by atoms with E-state index in [2.05, 4.69) is 11.5 Å². The summed E-state index contributed by atoms with van der Waals surface area (Å²) < 4.78 is 2.10. The Balaban J connectivity index is 1.63. The fourth-order valence-electron chi connectivity index (χ4n) is 4.05. The van der Waals surface area contributed by atoms with Gasteiger partial charge in [-0.2, -0.15) is 0 Å². The fourth-order valence-corrected chi connectivity index (χ4v) is 5.04. The van der Waals surface area contributed by atoms with Crippen LogP contribution in [0.5, 0.6) is 0 Å². The molecule has 0 atom stereocenters. The van der Waals surface area contributed by atoms with Gasteiger partial charge >= 0.3 is 11.9 Å². The molecule has 0 aliphatic carbocycles. The van der Waals surface area contributed by atoms with Gasteiger partial charge < -0.3 is 14.8 Å². The summed E-state index contributed by atoms with van der Waals surface area (Å²) in [6.45, 7) is 2.14. The molecule has 4 rings (SSSR count). The molecule has 0 aliphatic heterocycles. The van der Waals surface area contributed by atoms with Crippen LogP contribution in [0.3, 0.4) is 0 Å². The fraction of sp³-hybridized carbons (Fsp3) is 0.222. The molecule has 0 aliphatic rings. The first kappa shape index (κ1) is 23.6. The van der Waals surface area contributed by atoms with Crippen molar-refractivity contribution < 1.29 is 19.8 Å². The van der Waals surface area contributed by atoms with Crippen molar-refractivity contribution in [3.05, 3.63) is 95.1 Å². The van der Waals surface area contributed by atoms with Crippen molar-refractivity contribution in [2.45, 2.75) is 43.4 Å². The van der Waals surface area contributed by atoms with Gasteiger partial charge in [-0.25, -0.2) is 14.6 Å². The van der Waals surface area contributed by atoms with Crippen molar-refractivity contribution in [2.75, 3.05) is 0 Å². The van der Waals surface area contributed by atoms with Crippen LogP contribution in [-0.2, 0) is 18.7 Å². The van der Waals surface area contributed by atoms with Gasteiger partial charge in [-0.3, -0.25) is 0 Å². The second kappa shape index (κ2) is 10.6. The Labute approximate surface area is 202 Å². The van der Waals surface area contributed by atoms with Crippen molar-refractivity contribution in [1.29, 1.82) is 0 Å². The number of aromatic carboxylic acids is 2. The predicted molar refractivity (Wildman–Crippen MR) is 134 cm³/mol. The van der Waals surface area contributed by atoms with Gasteiger partial charge in [-0.05, 0) is 41.0 Å². The topological polar surface area (TPSA) is 92.4 Å². The Morgan fingerprint density at radius 1 is 0.912 bits per heavy atom. The first-order valence-corrected chi connectivity index (χ1v) is 12.2. The minimum atomic E-state index is -0.937. The molecule has 1 aromatic heterocycles. The number of carbonyl (C=O) groups is 2. The Bertz CT molecular complexity index is 1350. The Kier molecular flexibility index (Phi) is 7.33. The van der Waals surface area contributed by atoms with Crippen molar-refractivity contribution in [2.24, 2.45) is 0 Å². The van der Waals surface area contributed by atoms with Crippen LogP contribution in [0.2, 0.25) is 0 Å². The third-order valence-corrected chi connectivity index (χ3v) is 6.83. The Morgan fingerprint density at radius 2 is 1.62 bits per heavy atom. The summed E-state index contributed by atoms with van der Waals surface area (Å²) >= 11 is 1.48. The molecular weight excluding hydrogens is 448 g/mol. The SMILES string of the molecule is CCCCc1nc(Cc2ccc(C(=O)O)c3ccccc23)cn1CSc1ccccc1C(=O)O. The zero-order valence-electron chi connectivity index (χ0n) is 18.9. The number of carboxylic acids is 2. The number of fused-ring (bicyclic) bond motifs is 1. The molecule has 0 unspecified atom stereocenters. The molecule has 0 bridgehead atoms. The van der Waals surface area contributed by atoms with Gasteiger partial charge in [0.25, 0.3) is 0 Å². The van der Waals surface area contributed by atoms with Crippen LogP contribution in [0.15, 0.2) is 71.8 Å². The summed E-state index contributed by atoms with van der Waals surface area (Å²) in [6.07, 6.45) is 5.53. The van der Waals surface area contributed by atoms with E-state index in [0.717, 1.165) is 52.0 Å². The third kappa shape index (κ3) is 5.15. The molecule has 3 aromatic carbocycles. The number of hydrogen-bond donors (Lipinski definition) is 2. The van der Waals surface area contributed by atoms with E-state index in [0.29, 0.717) is 23.4 Å². The van der Waals surface area contributed by atoms with Gasteiger partial charge in [0.1, 0.15) is 5.82 Å². The average Bonchev–Trinajstić information content (AvgIpc) is 3.22. The summed E-state index contributed by atoms with van der Waals surface area (Å²) in [5.41, 5.74) is 2.53. The van der Waals surface area contributed by atoms with E-state index in [4.69, 9.17) is 4.98 Å². The van der Waals surface area contributed by atoms with E-state index >= 15 is 0 Å². The van der Waals surface area contributed by atoms with Crippen LogP contribution in [0, 0.1) is 0 Å². The number of aromatic nitrogens is 2. The molecule has 0 spiro atoms. The number of nitrogens with zero attached hydrogens (tertiary/aromatic N) is 2. The van der Waals surface area contributed by atoms with Gasteiger partial charge in [0.15, 0.2) is 0 Å². The Hall–Kier alpha value is -3.58.